The topological polar surface area (TPSA) is 77.5 Å². The molecule has 1 aliphatic heterocycles. The SMILES string of the molecule is Cc1ccc(Cn2c(=O)n3ncnc3c3cc(CN4CC(C)OC(C)C4)cnc32)c(F)c1. The standard InChI is InChI=1S/C23H25FN6O2/c1-14-4-5-18(20(24)6-14)12-29-21-19(22-26-13-27-30(22)23(29)31)7-17(8-25-21)11-28-9-15(2)32-16(3)10-28/h4-8,13,15-16H,9-12H2,1-3H3. The van der Waals surface area contributed by atoms with E-state index in [1.807, 2.05) is 19.1 Å². The van der Waals surface area contributed by atoms with Crippen LogP contribution in [0.4, 0.5) is 4.39 Å². The van der Waals surface area contributed by atoms with Crippen LogP contribution in [0.25, 0.3) is 16.7 Å². The van der Waals surface area contributed by atoms with Crippen molar-refractivity contribution in [1.29, 1.82) is 0 Å². The number of halogens is 1. The van der Waals surface area contributed by atoms with Crippen molar-refractivity contribution in [2.24, 2.45) is 0 Å². The molecule has 32 heavy (non-hydrogen) atoms. The molecule has 0 radical (unpaired) electrons. The predicted octanol–water partition coefficient (Wildman–Crippen LogP) is 2.54. The van der Waals surface area contributed by atoms with Gasteiger partial charge in [-0.05, 0) is 44.0 Å². The second-order valence-electron chi connectivity index (χ2n) is 8.63. The fourth-order valence-electron chi connectivity index (χ4n) is 4.50. The highest BCUT2D eigenvalue weighted by atomic mass is 19.1. The number of ether oxygens (including phenoxy) is 1. The largest absolute Gasteiger partial charge is 0.373 e. The van der Waals surface area contributed by atoms with Gasteiger partial charge < -0.3 is 4.74 Å². The van der Waals surface area contributed by atoms with Crippen LogP contribution < -0.4 is 5.69 Å². The van der Waals surface area contributed by atoms with Gasteiger partial charge in [0.05, 0.1) is 24.1 Å². The molecule has 5 rings (SSSR count). The molecule has 4 aromatic rings. The van der Waals surface area contributed by atoms with E-state index < -0.39 is 5.69 Å². The van der Waals surface area contributed by atoms with Gasteiger partial charge in [-0.3, -0.25) is 9.47 Å². The lowest BCUT2D eigenvalue weighted by Crippen LogP contribution is -2.44. The first-order valence-corrected chi connectivity index (χ1v) is 10.7. The summed E-state index contributed by atoms with van der Waals surface area (Å²) in [4.78, 5) is 24.3. The number of hydrogen-bond donors (Lipinski definition) is 0. The summed E-state index contributed by atoms with van der Waals surface area (Å²) in [6, 6.07) is 6.99. The number of morpholine rings is 1. The monoisotopic (exact) mass is 436 g/mol. The molecule has 9 heteroatoms. The summed E-state index contributed by atoms with van der Waals surface area (Å²) < 4.78 is 23.1. The Hall–Kier alpha value is -3.17. The van der Waals surface area contributed by atoms with Crippen molar-refractivity contribution in [1.82, 2.24) is 29.0 Å². The van der Waals surface area contributed by atoms with Crippen molar-refractivity contribution in [2.45, 2.75) is 46.1 Å². The molecule has 0 bridgehead atoms. The highest BCUT2D eigenvalue weighted by Crippen LogP contribution is 2.21. The zero-order chi connectivity index (χ0) is 22.4. The van der Waals surface area contributed by atoms with Crippen LogP contribution in [0.1, 0.15) is 30.5 Å². The van der Waals surface area contributed by atoms with Crippen LogP contribution in [0.3, 0.4) is 0 Å². The zero-order valence-corrected chi connectivity index (χ0v) is 18.3. The number of aromatic nitrogens is 5. The second kappa shape index (κ2) is 8.07. The fraction of sp³-hybridized carbons (Fsp3) is 0.391. The predicted molar refractivity (Wildman–Crippen MR) is 118 cm³/mol. The summed E-state index contributed by atoms with van der Waals surface area (Å²) >= 11 is 0. The number of aryl methyl sites for hydroxylation is 1. The van der Waals surface area contributed by atoms with E-state index in [1.165, 1.54) is 21.5 Å². The van der Waals surface area contributed by atoms with Crippen LogP contribution in [0.15, 0.2) is 41.6 Å². The van der Waals surface area contributed by atoms with Gasteiger partial charge in [0.15, 0.2) is 5.65 Å². The van der Waals surface area contributed by atoms with Crippen LogP contribution in [0, 0.1) is 12.7 Å². The summed E-state index contributed by atoms with van der Waals surface area (Å²) in [5.74, 6) is -0.351. The van der Waals surface area contributed by atoms with E-state index in [9.17, 15) is 9.18 Å². The molecule has 0 spiro atoms. The average molecular weight is 436 g/mol. The Labute approximate surface area is 184 Å². The summed E-state index contributed by atoms with van der Waals surface area (Å²) in [5.41, 5.74) is 2.76. The minimum atomic E-state index is -0.402. The summed E-state index contributed by atoms with van der Waals surface area (Å²) in [7, 11) is 0. The smallest absolute Gasteiger partial charge is 0.352 e. The van der Waals surface area contributed by atoms with Crippen molar-refractivity contribution in [3.8, 4) is 0 Å². The molecule has 4 heterocycles. The van der Waals surface area contributed by atoms with Crippen LogP contribution in [-0.2, 0) is 17.8 Å². The molecule has 0 N–H and O–H groups in total. The van der Waals surface area contributed by atoms with Gasteiger partial charge in [0.1, 0.15) is 17.8 Å². The van der Waals surface area contributed by atoms with Gasteiger partial charge in [0, 0.05) is 31.4 Å². The lowest BCUT2D eigenvalue weighted by molar-refractivity contribution is -0.0705. The van der Waals surface area contributed by atoms with Crippen molar-refractivity contribution in [3.05, 3.63) is 69.8 Å². The van der Waals surface area contributed by atoms with E-state index in [1.54, 1.807) is 12.3 Å². The third kappa shape index (κ3) is 3.78. The molecule has 1 fully saturated rings. The Morgan fingerprint density at radius 3 is 2.62 bits per heavy atom. The van der Waals surface area contributed by atoms with E-state index >= 15 is 0 Å². The number of hydrogen-bond acceptors (Lipinski definition) is 6. The molecular weight excluding hydrogens is 411 g/mol. The molecule has 2 unspecified atom stereocenters. The minimum absolute atomic E-state index is 0.0576. The highest BCUT2D eigenvalue weighted by molar-refractivity contribution is 5.89. The van der Waals surface area contributed by atoms with Crippen LogP contribution in [-0.4, -0.2) is 54.3 Å². The number of rotatable bonds is 4. The Morgan fingerprint density at radius 1 is 1.09 bits per heavy atom. The molecule has 0 aliphatic carbocycles. The van der Waals surface area contributed by atoms with Gasteiger partial charge in [-0.2, -0.15) is 9.61 Å². The van der Waals surface area contributed by atoms with E-state index in [0.29, 0.717) is 28.8 Å². The molecule has 1 aliphatic rings. The van der Waals surface area contributed by atoms with Gasteiger partial charge in [-0.25, -0.2) is 19.2 Å². The molecule has 2 atom stereocenters. The first-order valence-electron chi connectivity index (χ1n) is 10.7. The summed E-state index contributed by atoms with van der Waals surface area (Å²) in [5, 5.41) is 4.81. The first kappa shape index (κ1) is 20.7. The zero-order valence-electron chi connectivity index (χ0n) is 18.3. The molecule has 1 saturated heterocycles. The van der Waals surface area contributed by atoms with E-state index in [0.717, 1.165) is 24.2 Å². The quantitative estimate of drug-likeness (QED) is 0.489. The Kier molecular flexibility index (Phi) is 5.22. The van der Waals surface area contributed by atoms with Crippen molar-refractivity contribution >= 4 is 16.7 Å². The van der Waals surface area contributed by atoms with Gasteiger partial charge >= 0.3 is 5.69 Å². The maximum Gasteiger partial charge on any atom is 0.352 e. The maximum atomic E-state index is 14.5. The van der Waals surface area contributed by atoms with E-state index in [4.69, 9.17) is 4.74 Å². The van der Waals surface area contributed by atoms with E-state index in [-0.39, 0.29) is 24.6 Å². The van der Waals surface area contributed by atoms with Gasteiger partial charge in [0.2, 0.25) is 0 Å². The van der Waals surface area contributed by atoms with Gasteiger partial charge in [-0.15, -0.1) is 0 Å². The lowest BCUT2D eigenvalue weighted by atomic mass is 10.1. The number of fused-ring (bicyclic) bond motifs is 3. The fourth-order valence-corrected chi connectivity index (χ4v) is 4.50. The van der Waals surface area contributed by atoms with Gasteiger partial charge in [-0.1, -0.05) is 12.1 Å². The molecule has 0 amide bonds. The molecule has 1 aromatic carbocycles. The van der Waals surface area contributed by atoms with Crippen molar-refractivity contribution in [2.75, 3.05) is 13.1 Å². The third-order valence-corrected chi connectivity index (χ3v) is 5.82. The van der Waals surface area contributed by atoms with Crippen LogP contribution >= 0.6 is 0 Å². The molecular formula is C23H25FN6O2. The highest BCUT2D eigenvalue weighted by Gasteiger charge is 2.23. The second-order valence-corrected chi connectivity index (χ2v) is 8.63. The Morgan fingerprint density at radius 2 is 1.88 bits per heavy atom. The van der Waals surface area contributed by atoms with Crippen LogP contribution in [0.5, 0.6) is 0 Å². The summed E-state index contributed by atoms with van der Waals surface area (Å²) in [6.45, 7) is 8.43. The summed E-state index contributed by atoms with van der Waals surface area (Å²) in [6.07, 6.45) is 3.47. The number of nitrogens with zero attached hydrogens (tertiary/aromatic N) is 6. The normalized spacial score (nSPS) is 19.8. The Balaban J connectivity index is 1.58. The average Bonchev–Trinajstić information content (AvgIpc) is 3.22. The number of benzene rings is 1. The molecule has 8 nitrogen and oxygen atoms in total. The number of pyridine rings is 1. The minimum Gasteiger partial charge on any atom is -0.373 e. The molecule has 3 aromatic heterocycles. The molecule has 0 saturated carbocycles. The van der Waals surface area contributed by atoms with Crippen LogP contribution in [0.2, 0.25) is 0 Å². The van der Waals surface area contributed by atoms with Gasteiger partial charge in [0.25, 0.3) is 0 Å². The third-order valence-electron chi connectivity index (χ3n) is 5.82. The van der Waals surface area contributed by atoms with Crippen molar-refractivity contribution in [3.63, 3.8) is 0 Å². The van der Waals surface area contributed by atoms with Crippen molar-refractivity contribution < 1.29 is 9.13 Å². The van der Waals surface area contributed by atoms with E-state index in [2.05, 4.69) is 33.8 Å². The Bertz CT molecular complexity index is 1350. The first-order chi connectivity index (χ1) is 15.4. The maximum absolute atomic E-state index is 14.5. The molecule has 166 valence electrons. The lowest BCUT2D eigenvalue weighted by Gasteiger charge is -2.35.